The average Bonchev–Trinajstić information content (AvgIpc) is 2.44. The molecular formula is C17H26ClN. The third-order valence-corrected chi connectivity index (χ3v) is 4.94. The van der Waals surface area contributed by atoms with Crippen LogP contribution >= 0.6 is 11.6 Å². The van der Waals surface area contributed by atoms with Crippen LogP contribution < -0.4 is 5.32 Å². The zero-order chi connectivity index (χ0) is 13.7. The van der Waals surface area contributed by atoms with Crippen molar-refractivity contribution in [3.63, 3.8) is 0 Å². The van der Waals surface area contributed by atoms with Crippen molar-refractivity contribution in [2.24, 2.45) is 5.92 Å². The van der Waals surface area contributed by atoms with Gasteiger partial charge >= 0.3 is 0 Å². The Labute approximate surface area is 122 Å². The van der Waals surface area contributed by atoms with E-state index in [-0.39, 0.29) is 0 Å². The Morgan fingerprint density at radius 2 is 2.00 bits per heavy atom. The van der Waals surface area contributed by atoms with E-state index in [0.29, 0.717) is 6.04 Å². The monoisotopic (exact) mass is 279 g/mol. The minimum atomic E-state index is 0.444. The molecule has 0 heterocycles. The number of rotatable bonds is 5. The molecule has 0 radical (unpaired) electrons. The van der Waals surface area contributed by atoms with E-state index >= 15 is 0 Å². The van der Waals surface area contributed by atoms with Crippen molar-refractivity contribution in [3.8, 4) is 0 Å². The first-order valence-electron chi connectivity index (χ1n) is 7.64. The fraction of sp³-hybridized carbons (Fsp3) is 0.647. The maximum Gasteiger partial charge on any atom is 0.0438 e. The summed E-state index contributed by atoms with van der Waals surface area (Å²) < 4.78 is 0. The fourth-order valence-corrected chi connectivity index (χ4v) is 3.37. The first kappa shape index (κ1) is 14.9. The summed E-state index contributed by atoms with van der Waals surface area (Å²) in [7, 11) is 2.05. The Balaban J connectivity index is 1.93. The van der Waals surface area contributed by atoms with Crippen molar-refractivity contribution < 1.29 is 0 Å². The minimum Gasteiger partial charge on any atom is -0.313 e. The highest BCUT2D eigenvalue weighted by atomic mass is 35.5. The standard InChI is InChI=1S/C17H26ClN/c1-13-8-10-15(12-16(13)18)17(19-2)11-9-14-6-4-3-5-7-14/h8,10,12,14,17,19H,3-7,9,11H2,1-2H3. The molecule has 1 aliphatic carbocycles. The second-order valence-corrected chi connectivity index (χ2v) is 6.34. The predicted molar refractivity (Wildman–Crippen MR) is 83.8 cm³/mol. The van der Waals surface area contributed by atoms with Crippen molar-refractivity contribution in [2.45, 2.75) is 57.9 Å². The van der Waals surface area contributed by atoms with Gasteiger partial charge in [0.15, 0.2) is 0 Å². The summed E-state index contributed by atoms with van der Waals surface area (Å²) in [5.74, 6) is 0.950. The molecule has 0 amide bonds. The van der Waals surface area contributed by atoms with Crippen LogP contribution in [0.3, 0.4) is 0 Å². The quantitative estimate of drug-likeness (QED) is 0.774. The fourth-order valence-electron chi connectivity index (χ4n) is 3.18. The summed E-state index contributed by atoms with van der Waals surface area (Å²) in [6, 6.07) is 6.91. The van der Waals surface area contributed by atoms with Crippen LogP contribution in [0.2, 0.25) is 5.02 Å². The third-order valence-electron chi connectivity index (χ3n) is 4.54. The summed E-state index contributed by atoms with van der Waals surface area (Å²) in [5, 5.41) is 4.33. The Morgan fingerprint density at radius 3 is 2.63 bits per heavy atom. The van der Waals surface area contributed by atoms with Crippen molar-refractivity contribution in [1.82, 2.24) is 5.32 Å². The Morgan fingerprint density at radius 1 is 1.26 bits per heavy atom. The van der Waals surface area contributed by atoms with Crippen LogP contribution in [0.4, 0.5) is 0 Å². The van der Waals surface area contributed by atoms with Gasteiger partial charge in [0.05, 0.1) is 0 Å². The van der Waals surface area contributed by atoms with Crippen molar-refractivity contribution in [3.05, 3.63) is 34.3 Å². The van der Waals surface area contributed by atoms with Gasteiger partial charge in [0.25, 0.3) is 0 Å². The zero-order valence-electron chi connectivity index (χ0n) is 12.2. The SMILES string of the molecule is CNC(CCC1CCCCC1)c1ccc(C)c(Cl)c1. The second-order valence-electron chi connectivity index (χ2n) is 5.93. The Bertz CT molecular complexity index is 396. The maximum atomic E-state index is 6.24. The number of benzene rings is 1. The highest BCUT2D eigenvalue weighted by Gasteiger charge is 2.16. The zero-order valence-corrected chi connectivity index (χ0v) is 13.0. The summed E-state index contributed by atoms with van der Waals surface area (Å²) in [6.07, 6.45) is 9.75. The molecule has 1 unspecified atom stereocenters. The van der Waals surface area contributed by atoms with Gasteiger partial charge in [-0.1, -0.05) is 55.8 Å². The number of nitrogens with one attached hydrogen (secondary N) is 1. The van der Waals surface area contributed by atoms with E-state index in [1.807, 2.05) is 0 Å². The minimum absolute atomic E-state index is 0.444. The molecule has 1 saturated carbocycles. The lowest BCUT2D eigenvalue weighted by molar-refractivity contribution is 0.317. The highest BCUT2D eigenvalue weighted by molar-refractivity contribution is 6.31. The summed E-state index contributed by atoms with van der Waals surface area (Å²) in [5.41, 5.74) is 2.49. The lowest BCUT2D eigenvalue weighted by Crippen LogP contribution is -2.18. The molecule has 1 aromatic carbocycles. The number of hydrogen-bond donors (Lipinski definition) is 1. The first-order valence-corrected chi connectivity index (χ1v) is 8.02. The van der Waals surface area contributed by atoms with E-state index in [0.717, 1.165) is 16.5 Å². The van der Waals surface area contributed by atoms with Gasteiger partial charge in [0.2, 0.25) is 0 Å². The third kappa shape index (κ3) is 4.22. The van der Waals surface area contributed by atoms with Gasteiger partial charge in [-0.15, -0.1) is 0 Å². The van der Waals surface area contributed by atoms with Crippen LogP contribution in [0.5, 0.6) is 0 Å². The normalized spacial score (nSPS) is 18.5. The Kier molecular flexibility index (Phi) is 5.72. The van der Waals surface area contributed by atoms with E-state index in [9.17, 15) is 0 Å². The summed E-state index contributed by atoms with van der Waals surface area (Å²) in [4.78, 5) is 0. The molecule has 0 spiro atoms. The molecule has 19 heavy (non-hydrogen) atoms. The maximum absolute atomic E-state index is 6.24. The van der Waals surface area contributed by atoms with Crippen molar-refractivity contribution in [2.75, 3.05) is 7.05 Å². The molecule has 2 heteroatoms. The molecule has 1 atom stereocenters. The molecule has 0 saturated heterocycles. The first-order chi connectivity index (χ1) is 9.20. The predicted octanol–water partition coefficient (Wildman–Crippen LogP) is 5.27. The van der Waals surface area contributed by atoms with E-state index < -0.39 is 0 Å². The van der Waals surface area contributed by atoms with Gasteiger partial charge in [0.1, 0.15) is 0 Å². The topological polar surface area (TPSA) is 12.0 Å². The van der Waals surface area contributed by atoms with Crippen molar-refractivity contribution >= 4 is 11.6 Å². The lowest BCUT2D eigenvalue weighted by atomic mass is 9.84. The lowest BCUT2D eigenvalue weighted by Gasteiger charge is -2.24. The van der Waals surface area contributed by atoms with Gasteiger partial charge in [-0.3, -0.25) is 0 Å². The van der Waals surface area contributed by atoms with Crippen LogP contribution in [-0.4, -0.2) is 7.05 Å². The van der Waals surface area contributed by atoms with Gasteiger partial charge in [0, 0.05) is 11.1 Å². The van der Waals surface area contributed by atoms with E-state index in [1.54, 1.807) is 0 Å². The molecule has 1 N–H and O–H groups in total. The number of hydrogen-bond acceptors (Lipinski definition) is 1. The van der Waals surface area contributed by atoms with Crippen LogP contribution in [-0.2, 0) is 0 Å². The molecule has 1 fully saturated rings. The molecule has 0 aromatic heterocycles. The van der Waals surface area contributed by atoms with Crippen LogP contribution in [0.25, 0.3) is 0 Å². The number of aryl methyl sites for hydroxylation is 1. The molecular weight excluding hydrogens is 254 g/mol. The molecule has 1 aromatic rings. The van der Waals surface area contributed by atoms with Crippen LogP contribution in [0.1, 0.15) is 62.1 Å². The van der Waals surface area contributed by atoms with E-state index in [4.69, 9.17) is 11.6 Å². The van der Waals surface area contributed by atoms with E-state index in [2.05, 4.69) is 37.5 Å². The van der Waals surface area contributed by atoms with E-state index in [1.165, 1.54) is 50.5 Å². The van der Waals surface area contributed by atoms with Gasteiger partial charge < -0.3 is 5.32 Å². The summed E-state index contributed by atoms with van der Waals surface area (Å²) >= 11 is 6.24. The Hall–Kier alpha value is -0.530. The smallest absolute Gasteiger partial charge is 0.0438 e. The van der Waals surface area contributed by atoms with Crippen LogP contribution in [0, 0.1) is 12.8 Å². The number of halogens is 1. The molecule has 2 rings (SSSR count). The second kappa shape index (κ2) is 7.31. The van der Waals surface area contributed by atoms with Crippen molar-refractivity contribution in [1.29, 1.82) is 0 Å². The highest BCUT2D eigenvalue weighted by Crippen LogP contribution is 2.31. The van der Waals surface area contributed by atoms with Gasteiger partial charge in [-0.25, -0.2) is 0 Å². The largest absolute Gasteiger partial charge is 0.313 e. The van der Waals surface area contributed by atoms with Crippen LogP contribution in [0.15, 0.2) is 18.2 Å². The molecule has 1 nitrogen and oxygen atoms in total. The molecule has 0 aliphatic heterocycles. The molecule has 0 bridgehead atoms. The molecule has 106 valence electrons. The van der Waals surface area contributed by atoms with Gasteiger partial charge in [-0.2, -0.15) is 0 Å². The van der Waals surface area contributed by atoms with Gasteiger partial charge in [-0.05, 0) is 49.9 Å². The average molecular weight is 280 g/mol. The summed E-state index contributed by atoms with van der Waals surface area (Å²) in [6.45, 7) is 2.06. The molecule has 1 aliphatic rings.